The molecule has 0 radical (unpaired) electrons. The molecule has 1 fully saturated rings. The third-order valence-electron chi connectivity index (χ3n) is 3.88. The van der Waals surface area contributed by atoms with Crippen LogP contribution in [0, 0.1) is 6.92 Å². The first-order chi connectivity index (χ1) is 11.6. The number of hydrogen-bond acceptors (Lipinski definition) is 7. The van der Waals surface area contributed by atoms with Crippen LogP contribution in [-0.4, -0.2) is 46.8 Å². The van der Waals surface area contributed by atoms with Crippen LogP contribution in [0.3, 0.4) is 0 Å². The van der Waals surface area contributed by atoms with Crippen molar-refractivity contribution < 1.29 is 18.8 Å². The summed E-state index contributed by atoms with van der Waals surface area (Å²) < 4.78 is 10.8. The molecule has 2 aliphatic rings. The minimum absolute atomic E-state index is 0.341. The Balaban J connectivity index is 1.70. The molecule has 4 heterocycles. The highest BCUT2D eigenvalue weighted by Gasteiger charge is 2.30. The summed E-state index contributed by atoms with van der Waals surface area (Å²) in [4.78, 5) is 30.5. The van der Waals surface area contributed by atoms with E-state index in [1.165, 1.54) is 11.3 Å². The predicted molar refractivity (Wildman–Crippen MR) is 84.8 cm³/mol. The van der Waals surface area contributed by atoms with Crippen LogP contribution >= 0.6 is 11.3 Å². The molecule has 0 atom stereocenters. The number of hydrogen-bond donors (Lipinski definition) is 2. The quantitative estimate of drug-likeness (QED) is 0.854. The first-order valence-electron chi connectivity index (χ1n) is 7.53. The smallest absolute Gasteiger partial charge is 0.330 e. The molecule has 126 valence electrons. The molecule has 2 N–H and O–H groups in total. The second-order valence-electron chi connectivity index (χ2n) is 5.47. The monoisotopic (exact) mass is 349 g/mol. The van der Waals surface area contributed by atoms with Gasteiger partial charge in [0, 0.05) is 18.0 Å². The molecule has 2 aliphatic heterocycles. The number of aryl methyl sites for hydroxylation is 1. The van der Waals surface area contributed by atoms with Crippen LogP contribution < -0.4 is 10.6 Å². The number of thiophene rings is 1. The number of nitrogens with zero attached hydrogens (tertiary/aromatic N) is 3. The lowest BCUT2D eigenvalue weighted by Crippen LogP contribution is -2.37. The number of fused-ring (bicyclic) bond motifs is 1. The Labute approximate surface area is 141 Å². The number of anilines is 1. The van der Waals surface area contributed by atoms with E-state index in [1.54, 1.807) is 6.92 Å². The molecule has 0 aliphatic carbocycles. The predicted octanol–water partition coefficient (Wildman–Crippen LogP) is 1.74. The topological polar surface area (TPSA) is 110 Å². The van der Waals surface area contributed by atoms with Gasteiger partial charge in [-0.25, -0.2) is 14.5 Å². The average Bonchev–Trinajstić information content (AvgIpc) is 3.25. The van der Waals surface area contributed by atoms with Crippen LogP contribution in [0.5, 0.6) is 0 Å². The van der Waals surface area contributed by atoms with E-state index in [4.69, 9.17) is 9.26 Å². The number of urea groups is 2. The van der Waals surface area contributed by atoms with Crippen LogP contribution in [0.2, 0.25) is 0 Å². The molecular weight excluding hydrogens is 334 g/mol. The molecule has 10 heteroatoms. The Morgan fingerprint density at radius 2 is 2.33 bits per heavy atom. The number of rotatable bonds is 2. The third-order valence-corrected chi connectivity index (χ3v) is 5.01. The SMILES string of the molecule is Cc1noc(-c2c(NC(=O)N3CCNC3=O)sc3c2CCOC3)n1. The van der Waals surface area contributed by atoms with E-state index in [1.807, 2.05) is 0 Å². The zero-order chi connectivity index (χ0) is 16.7. The number of imide groups is 1. The van der Waals surface area contributed by atoms with Crippen LogP contribution in [-0.2, 0) is 17.8 Å². The van der Waals surface area contributed by atoms with E-state index in [9.17, 15) is 9.59 Å². The van der Waals surface area contributed by atoms with Gasteiger partial charge in [-0.05, 0) is 18.9 Å². The minimum atomic E-state index is -0.470. The third kappa shape index (κ3) is 2.53. The molecular formula is C14H15N5O4S. The highest BCUT2D eigenvalue weighted by molar-refractivity contribution is 7.17. The van der Waals surface area contributed by atoms with Gasteiger partial charge in [0.15, 0.2) is 5.82 Å². The van der Waals surface area contributed by atoms with Crippen LogP contribution in [0.15, 0.2) is 4.52 Å². The number of carbonyl (C=O) groups excluding carboxylic acids is 2. The normalized spacial score (nSPS) is 16.9. The first-order valence-corrected chi connectivity index (χ1v) is 8.34. The van der Waals surface area contributed by atoms with Gasteiger partial charge in [0.1, 0.15) is 5.00 Å². The summed E-state index contributed by atoms with van der Waals surface area (Å²) in [6.07, 6.45) is 0.711. The summed E-state index contributed by atoms with van der Waals surface area (Å²) in [5.41, 5.74) is 1.78. The molecule has 4 rings (SSSR count). The average molecular weight is 349 g/mol. The lowest BCUT2D eigenvalue weighted by Gasteiger charge is -2.13. The van der Waals surface area contributed by atoms with Crippen molar-refractivity contribution in [2.45, 2.75) is 20.0 Å². The maximum Gasteiger partial charge on any atom is 0.330 e. The molecule has 1 saturated heterocycles. The van der Waals surface area contributed by atoms with E-state index >= 15 is 0 Å². The Hall–Kier alpha value is -2.46. The lowest BCUT2D eigenvalue weighted by molar-refractivity contribution is 0.113. The molecule has 2 aromatic rings. The van der Waals surface area contributed by atoms with Crippen molar-refractivity contribution in [3.63, 3.8) is 0 Å². The van der Waals surface area contributed by atoms with Crippen molar-refractivity contribution in [2.75, 3.05) is 25.0 Å². The molecule has 0 unspecified atom stereocenters. The summed E-state index contributed by atoms with van der Waals surface area (Å²) >= 11 is 1.41. The van der Waals surface area contributed by atoms with Gasteiger partial charge < -0.3 is 14.6 Å². The van der Waals surface area contributed by atoms with Gasteiger partial charge in [-0.1, -0.05) is 5.16 Å². The highest BCUT2D eigenvalue weighted by Crippen LogP contribution is 2.42. The van der Waals surface area contributed by atoms with E-state index in [2.05, 4.69) is 20.8 Å². The van der Waals surface area contributed by atoms with E-state index in [-0.39, 0.29) is 0 Å². The second kappa shape index (κ2) is 5.87. The molecule has 0 bridgehead atoms. The van der Waals surface area contributed by atoms with Crippen molar-refractivity contribution >= 4 is 28.4 Å². The number of amides is 4. The number of ether oxygens (including phenoxy) is 1. The van der Waals surface area contributed by atoms with Gasteiger partial charge in [0.05, 0.1) is 18.8 Å². The first kappa shape index (κ1) is 15.1. The van der Waals surface area contributed by atoms with Gasteiger partial charge in [-0.3, -0.25) is 5.32 Å². The van der Waals surface area contributed by atoms with E-state index < -0.39 is 12.1 Å². The van der Waals surface area contributed by atoms with Crippen molar-refractivity contribution in [2.24, 2.45) is 0 Å². The van der Waals surface area contributed by atoms with Crippen molar-refractivity contribution in [3.05, 3.63) is 16.3 Å². The number of aromatic nitrogens is 2. The summed E-state index contributed by atoms with van der Waals surface area (Å²) in [6, 6.07) is -0.866. The van der Waals surface area contributed by atoms with Crippen LogP contribution in [0.1, 0.15) is 16.3 Å². The maximum absolute atomic E-state index is 12.4. The fraction of sp³-hybridized carbons (Fsp3) is 0.429. The molecule has 2 aromatic heterocycles. The Bertz CT molecular complexity index is 814. The fourth-order valence-electron chi connectivity index (χ4n) is 2.78. The van der Waals surface area contributed by atoms with Crippen molar-refractivity contribution in [1.29, 1.82) is 0 Å². The summed E-state index contributed by atoms with van der Waals surface area (Å²) in [5, 5.41) is 9.84. The van der Waals surface area contributed by atoms with E-state index in [0.717, 1.165) is 20.9 Å². The van der Waals surface area contributed by atoms with Crippen LogP contribution in [0.4, 0.5) is 14.6 Å². The highest BCUT2D eigenvalue weighted by atomic mass is 32.1. The van der Waals surface area contributed by atoms with Gasteiger partial charge >= 0.3 is 12.1 Å². The number of nitrogens with one attached hydrogen (secondary N) is 2. The van der Waals surface area contributed by atoms with Gasteiger partial charge in [0.2, 0.25) is 0 Å². The molecule has 9 nitrogen and oxygen atoms in total. The Kier molecular flexibility index (Phi) is 3.69. The zero-order valence-electron chi connectivity index (χ0n) is 12.9. The standard InChI is InChI=1S/C14H15N5O4S/c1-7-16-11(23-18-7)10-8-2-5-22-6-9(8)24-12(10)17-14(21)19-4-3-15-13(19)20/h2-6H2,1H3,(H,15,20)(H,17,21). The molecule has 24 heavy (non-hydrogen) atoms. The molecule has 0 spiro atoms. The lowest BCUT2D eigenvalue weighted by atomic mass is 10.1. The van der Waals surface area contributed by atoms with Crippen molar-refractivity contribution in [3.8, 4) is 11.5 Å². The van der Waals surface area contributed by atoms with Gasteiger partial charge in [-0.2, -0.15) is 4.98 Å². The minimum Gasteiger partial charge on any atom is -0.376 e. The fourth-order valence-corrected chi connectivity index (χ4v) is 3.94. The Morgan fingerprint density at radius 1 is 1.46 bits per heavy atom. The molecule has 0 aromatic carbocycles. The van der Waals surface area contributed by atoms with E-state index in [0.29, 0.717) is 49.4 Å². The van der Waals surface area contributed by atoms with Crippen molar-refractivity contribution in [1.82, 2.24) is 20.4 Å². The Morgan fingerprint density at radius 3 is 3.04 bits per heavy atom. The zero-order valence-corrected chi connectivity index (χ0v) is 13.7. The van der Waals surface area contributed by atoms with Crippen LogP contribution in [0.25, 0.3) is 11.5 Å². The maximum atomic E-state index is 12.4. The summed E-state index contributed by atoms with van der Waals surface area (Å²) in [6.45, 7) is 3.62. The summed E-state index contributed by atoms with van der Waals surface area (Å²) in [7, 11) is 0. The molecule has 0 saturated carbocycles. The summed E-state index contributed by atoms with van der Waals surface area (Å²) in [5.74, 6) is 0.890. The second-order valence-corrected chi connectivity index (χ2v) is 6.58. The number of carbonyl (C=O) groups is 2. The van der Waals surface area contributed by atoms with Gasteiger partial charge in [-0.15, -0.1) is 11.3 Å². The molecule has 4 amide bonds. The van der Waals surface area contributed by atoms with Gasteiger partial charge in [0.25, 0.3) is 5.89 Å². The largest absolute Gasteiger partial charge is 0.376 e.